The van der Waals surface area contributed by atoms with E-state index in [-0.39, 0.29) is 11.3 Å². The van der Waals surface area contributed by atoms with Crippen LogP contribution >= 0.6 is 0 Å². The smallest absolute Gasteiger partial charge is 0.338 e. The number of piperidine rings is 1. The number of ether oxygens (including phenoxy) is 1. The molecule has 1 saturated heterocycles. The number of likely N-dealkylation sites (tertiary alicyclic amines) is 1. The Morgan fingerprint density at radius 2 is 2.04 bits per heavy atom. The minimum atomic E-state index is -0.857. The average Bonchev–Trinajstić information content (AvgIpc) is 2.65. The molecule has 1 heterocycles. The fourth-order valence-electron chi connectivity index (χ4n) is 2.99. The summed E-state index contributed by atoms with van der Waals surface area (Å²) >= 11 is 0. The highest BCUT2D eigenvalue weighted by Crippen LogP contribution is 2.28. The summed E-state index contributed by atoms with van der Waals surface area (Å²) in [4.78, 5) is 49.4. The fourth-order valence-corrected chi connectivity index (χ4v) is 2.99. The lowest BCUT2D eigenvalue weighted by atomic mass is 10.0. The van der Waals surface area contributed by atoms with Crippen molar-refractivity contribution in [3.8, 4) is 0 Å². The van der Waals surface area contributed by atoms with Gasteiger partial charge in [-0.1, -0.05) is 0 Å². The zero-order valence-electron chi connectivity index (χ0n) is 15.2. The largest absolute Gasteiger partial charge is 0.452 e. The maximum Gasteiger partial charge on any atom is 0.338 e. The van der Waals surface area contributed by atoms with E-state index >= 15 is 0 Å². The summed E-state index contributed by atoms with van der Waals surface area (Å²) in [5, 5.41) is 11.2. The molecule has 1 aliphatic rings. The minimum Gasteiger partial charge on any atom is -0.452 e. The number of nitro groups is 1. The Morgan fingerprint density at radius 1 is 1.33 bits per heavy atom. The van der Waals surface area contributed by atoms with E-state index in [0.29, 0.717) is 18.7 Å². The third-order valence-electron chi connectivity index (χ3n) is 4.37. The van der Waals surface area contributed by atoms with Crippen LogP contribution < -0.4 is 10.6 Å². The molecule has 0 saturated carbocycles. The highest BCUT2D eigenvalue weighted by atomic mass is 16.6. The predicted molar refractivity (Wildman–Crippen MR) is 96.3 cm³/mol. The molecule has 1 aromatic rings. The second kappa shape index (κ2) is 8.47. The van der Waals surface area contributed by atoms with Crippen LogP contribution in [0.25, 0.3) is 0 Å². The molecule has 2 rings (SSSR count). The average molecular weight is 378 g/mol. The predicted octanol–water partition coefficient (Wildman–Crippen LogP) is 0.684. The maximum absolute atomic E-state index is 12.3. The van der Waals surface area contributed by atoms with Crippen LogP contribution in [0.3, 0.4) is 0 Å². The number of carbonyl (C=O) groups excluding carboxylic acids is 3. The van der Waals surface area contributed by atoms with E-state index in [1.165, 1.54) is 17.0 Å². The molecule has 1 fully saturated rings. The SMILES string of the molecule is CN(C)c1ccc(C(=O)OCC(=O)N2CCCC[C@H]2C(N)=O)cc1[N+](=O)[O-]. The molecule has 0 unspecified atom stereocenters. The number of nitrogens with two attached hydrogens (primary N) is 1. The van der Waals surface area contributed by atoms with Crippen molar-refractivity contribution in [3.05, 3.63) is 33.9 Å². The lowest BCUT2D eigenvalue weighted by Gasteiger charge is -2.33. The van der Waals surface area contributed by atoms with E-state index < -0.39 is 35.4 Å². The van der Waals surface area contributed by atoms with Gasteiger partial charge < -0.3 is 20.3 Å². The number of amides is 2. The monoisotopic (exact) mass is 378 g/mol. The van der Waals surface area contributed by atoms with Crippen LogP contribution in [-0.2, 0) is 14.3 Å². The molecular weight excluding hydrogens is 356 g/mol. The summed E-state index contributed by atoms with van der Waals surface area (Å²) in [6, 6.07) is 3.23. The second-order valence-electron chi connectivity index (χ2n) is 6.43. The van der Waals surface area contributed by atoms with Crippen molar-refractivity contribution in [3.63, 3.8) is 0 Å². The molecule has 27 heavy (non-hydrogen) atoms. The van der Waals surface area contributed by atoms with Gasteiger partial charge in [0.2, 0.25) is 5.91 Å². The van der Waals surface area contributed by atoms with Gasteiger partial charge in [0.25, 0.3) is 11.6 Å². The molecular formula is C17H22N4O6. The van der Waals surface area contributed by atoms with Gasteiger partial charge in [0.1, 0.15) is 11.7 Å². The molecule has 2 amide bonds. The molecule has 1 atom stereocenters. The van der Waals surface area contributed by atoms with Crippen molar-refractivity contribution < 1.29 is 24.0 Å². The van der Waals surface area contributed by atoms with Gasteiger partial charge in [-0.15, -0.1) is 0 Å². The lowest BCUT2D eigenvalue weighted by molar-refractivity contribution is -0.384. The van der Waals surface area contributed by atoms with Gasteiger partial charge in [-0.05, 0) is 31.4 Å². The number of primary amides is 1. The number of nitro benzene ring substituents is 1. The van der Waals surface area contributed by atoms with Gasteiger partial charge in [0, 0.05) is 26.7 Å². The third-order valence-corrected chi connectivity index (χ3v) is 4.37. The first-order valence-corrected chi connectivity index (χ1v) is 8.44. The molecule has 0 bridgehead atoms. The van der Waals surface area contributed by atoms with Crippen molar-refractivity contribution in [1.82, 2.24) is 4.90 Å². The van der Waals surface area contributed by atoms with Crippen LogP contribution in [0.5, 0.6) is 0 Å². The van der Waals surface area contributed by atoms with Gasteiger partial charge >= 0.3 is 5.97 Å². The Morgan fingerprint density at radius 3 is 2.63 bits per heavy atom. The number of carbonyl (C=O) groups is 3. The number of benzene rings is 1. The van der Waals surface area contributed by atoms with Gasteiger partial charge in [-0.2, -0.15) is 0 Å². The van der Waals surface area contributed by atoms with Crippen molar-refractivity contribution in [2.45, 2.75) is 25.3 Å². The summed E-state index contributed by atoms with van der Waals surface area (Å²) in [7, 11) is 3.29. The van der Waals surface area contributed by atoms with Crippen molar-refractivity contribution in [2.24, 2.45) is 5.73 Å². The summed E-state index contributed by atoms with van der Waals surface area (Å²) < 4.78 is 4.99. The Kier molecular flexibility index (Phi) is 6.32. The number of hydrogen-bond donors (Lipinski definition) is 1. The van der Waals surface area contributed by atoms with Gasteiger partial charge in [0.05, 0.1) is 10.5 Å². The van der Waals surface area contributed by atoms with E-state index in [1.54, 1.807) is 19.0 Å². The molecule has 0 aliphatic carbocycles. The Hall–Kier alpha value is -3.17. The number of nitrogens with zero attached hydrogens (tertiary/aromatic N) is 3. The number of rotatable bonds is 6. The van der Waals surface area contributed by atoms with Gasteiger partial charge in [0.15, 0.2) is 6.61 Å². The molecule has 1 aliphatic heterocycles. The first-order chi connectivity index (χ1) is 12.7. The summed E-state index contributed by atoms with van der Waals surface area (Å²) in [6.07, 6.45) is 2.01. The molecule has 1 aromatic carbocycles. The Labute approximate surface area is 156 Å². The van der Waals surface area contributed by atoms with E-state index in [4.69, 9.17) is 10.5 Å². The van der Waals surface area contributed by atoms with Gasteiger partial charge in [-0.3, -0.25) is 19.7 Å². The van der Waals surface area contributed by atoms with Crippen molar-refractivity contribution >= 4 is 29.2 Å². The summed E-state index contributed by atoms with van der Waals surface area (Å²) in [5.41, 5.74) is 5.37. The van der Waals surface area contributed by atoms with E-state index in [0.717, 1.165) is 18.9 Å². The standard InChI is InChI=1S/C17H22N4O6/c1-19(2)12-7-6-11(9-14(12)21(25)26)17(24)27-10-15(22)20-8-4-3-5-13(20)16(18)23/h6-7,9,13H,3-5,8,10H2,1-2H3,(H2,18,23)/t13-/m0/s1. The molecule has 10 heteroatoms. The van der Waals surface area contributed by atoms with Crippen molar-refractivity contribution in [1.29, 1.82) is 0 Å². The molecule has 0 radical (unpaired) electrons. The fraction of sp³-hybridized carbons (Fsp3) is 0.471. The first kappa shape index (κ1) is 20.1. The van der Waals surface area contributed by atoms with Crippen LogP contribution in [-0.4, -0.2) is 60.9 Å². The molecule has 0 spiro atoms. The van der Waals surface area contributed by atoms with Crippen LogP contribution in [0, 0.1) is 10.1 Å². The zero-order chi connectivity index (χ0) is 20.1. The summed E-state index contributed by atoms with van der Waals surface area (Å²) in [5.74, 6) is -1.97. The topological polar surface area (TPSA) is 136 Å². The van der Waals surface area contributed by atoms with Crippen LogP contribution in [0.4, 0.5) is 11.4 Å². The summed E-state index contributed by atoms with van der Waals surface area (Å²) in [6.45, 7) is -0.196. The Bertz CT molecular complexity index is 764. The highest BCUT2D eigenvalue weighted by molar-refractivity contribution is 5.93. The maximum atomic E-state index is 12.3. The quantitative estimate of drug-likeness (QED) is 0.437. The lowest BCUT2D eigenvalue weighted by Crippen LogP contribution is -2.51. The van der Waals surface area contributed by atoms with Crippen molar-refractivity contribution in [2.75, 3.05) is 32.1 Å². The highest BCUT2D eigenvalue weighted by Gasteiger charge is 2.31. The van der Waals surface area contributed by atoms with Crippen LogP contribution in [0.2, 0.25) is 0 Å². The zero-order valence-corrected chi connectivity index (χ0v) is 15.2. The minimum absolute atomic E-state index is 0.0369. The number of hydrogen-bond acceptors (Lipinski definition) is 7. The number of anilines is 1. The van der Waals surface area contributed by atoms with Crippen LogP contribution in [0.1, 0.15) is 29.6 Å². The molecule has 0 aromatic heterocycles. The van der Waals surface area contributed by atoms with Crippen LogP contribution in [0.15, 0.2) is 18.2 Å². The van der Waals surface area contributed by atoms with E-state index in [2.05, 4.69) is 0 Å². The first-order valence-electron chi connectivity index (χ1n) is 8.44. The molecule has 10 nitrogen and oxygen atoms in total. The third kappa shape index (κ3) is 4.72. The normalized spacial score (nSPS) is 16.5. The number of esters is 1. The van der Waals surface area contributed by atoms with E-state index in [9.17, 15) is 24.5 Å². The molecule has 2 N–H and O–H groups in total. The van der Waals surface area contributed by atoms with E-state index in [1.807, 2.05) is 0 Å². The second-order valence-corrected chi connectivity index (χ2v) is 6.43. The Balaban J connectivity index is 2.07. The van der Waals surface area contributed by atoms with Gasteiger partial charge in [-0.25, -0.2) is 4.79 Å². The molecule has 146 valence electrons.